The fraction of sp³-hybridized carbons (Fsp3) is 0. The summed E-state index contributed by atoms with van der Waals surface area (Å²) >= 11 is 1.83. The maximum Gasteiger partial charge on any atom is 0.137 e. The number of thiophene rings is 1. The van der Waals surface area contributed by atoms with E-state index in [4.69, 9.17) is 13.3 Å². The number of para-hydroxylation sites is 2. The van der Waals surface area contributed by atoms with E-state index in [1.807, 2.05) is 35.6 Å². The Balaban J connectivity index is 1.11. The predicted molar refractivity (Wildman–Crippen MR) is 221 cm³/mol. The summed E-state index contributed by atoms with van der Waals surface area (Å²) in [7, 11) is 0. The second-order valence-electron chi connectivity index (χ2n) is 13.6. The first-order valence-electron chi connectivity index (χ1n) is 17.7. The minimum absolute atomic E-state index is 0.848. The molecule has 0 aliphatic carbocycles. The van der Waals surface area contributed by atoms with Crippen molar-refractivity contribution in [1.29, 1.82) is 0 Å². The van der Waals surface area contributed by atoms with E-state index in [-0.39, 0.29) is 0 Å². The molecule has 4 nitrogen and oxygen atoms in total. The molecule has 0 fully saturated rings. The molecule has 0 unspecified atom stereocenters. The average Bonchev–Trinajstić information content (AvgIpc) is 3.98. The van der Waals surface area contributed by atoms with Gasteiger partial charge in [0.05, 0.1) is 22.1 Å². The van der Waals surface area contributed by atoms with Crippen LogP contribution in [0.5, 0.6) is 0 Å². The molecule has 0 spiro atoms. The molecule has 53 heavy (non-hydrogen) atoms. The van der Waals surface area contributed by atoms with Gasteiger partial charge in [-0.3, -0.25) is 0 Å². The van der Waals surface area contributed by atoms with Crippen LogP contribution in [0.2, 0.25) is 0 Å². The Bertz CT molecular complexity index is 3420. The largest absolute Gasteiger partial charge is 0.456 e. The summed E-state index contributed by atoms with van der Waals surface area (Å²) < 4.78 is 21.8. The molecule has 0 amide bonds. The lowest BCUT2D eigenvalue weighted by molar-refractivity contribution is 0.668. The monoisotopic (exact) mass is 697 g/mol. The molecule has 0 bridgehead atoms. The van der Waals surface area contributed by atoms with Crippen LogP contribution < -0.4 is 4.90 Å². The quantitative estimate of drug-likeness (QED) is 0.184. The summed E-state index contributed by atoms with van der Waals surface area (Å²) in [6.07, 6.45) is 0. The third-order valence-corrected chi connectivity index (χ3v) is 11.9. The molecule has 4 heterocycles. The molecule has 4 aromatic heterocycles. The Labute approximate surface area is 306 Å². The van der Waals surface area contributed by atoms with Crippen molar-refractivity contribution in [2.45, 2.75) is 0 Å². The first kappa shape index (κ1) is 28.8. The molecule has 12 aromatic rings. The van der Waals surface area contributed by atoms with E-state index in [9.17, 15) is 0 Å². The van der Waals surface area contributed by atoms with E-state index in [0.717, 1.165) is 94.0 Å². The SMILES string of the molecule is c1ccc2c(c1)oc1cc(-c3ccc(N(c4cccc5oc6ccccc6c45)c4cccc5oc6ccc7c8ccccc8sc7c6c45)cc3)ccc12. The van der Waals surface area contributed by atoms with Crippen molar-refractivity contribution in [2.24, 2.45) is 0 Å². The summed E-state index contributed by atoms with van der Waals surface area (Å²) in [5, 5.41) is 9.15. The number of anilines is 3. The van der Waals surface area contributed by atoms with Gasteiger partial charge < -0.3 is 18.2 Å². The smallest absolute Gasteiger partial charge is 0.137 e. The molecular formula is C48H27NO3S. The molecule has 0 radical (unpaired) electrons. The average molecular weight is 698 g/mol. The minimum atomic E-state index is 0.848. The van der Waals surface area contributed by atoms with Crippen LogP contribution in [0.1, 0.15) is 0 Å². The van der Waals surface area contributed by atoms with Gasteiger partial charge in [-0.25, -0.2) is 0 Å². The van der Waals surface area contributed by atoms with E-state index in [1.54, 1.807) is 0 Å². The standard InChI is InChI=1S/C48H27NO3S/c1-4-14-38-31(9-1)32-24-21-29(27-43(32)51-38)28-19-22-30(23-20-28)49(36-12-7-16-40-45(36)35-11-2-5-15-39(35)50-40)37-13-8-17-41-46(37)47-42(52-41)26-25-34-33-10-3-6-18-44(33)53-48(34)47/h1-27H. The minimum Gasteiger partial charge on any atom is -0.456 e. The van der Waals surface area contributed by atoms with Crippen molar-refractivity contribution in [3.05, 3.63) is 164 Å². The number of nitrogens with zero attached hydrogens (tertiary/aromatic N) is 1. The van der Waals surface area contributed by atoms with Crippen LogP contribution in [0, 0.1) is 0 Å². The van der Waals surface area contributed by atoms with Gasteiger partial charge in [0.1, 0.15) is 33.5 Å². The van der Waals surface area contributed by atoms with Crippen molar-refractivity contribution < 1.29 is 13.3 Å². The van der Waals surface area contributed by atoms with Crippen LogP contribution in [-0.2, 0) is 0 Å². The van der Waals surface area contributed by atoms with Gasteiger partial charge in [0.15, 0.2) is 0 Å². The number of furan rings is 3. The molecular weight excluding hydrogens is 671 g/mol. The van der Waals surface area contributed by atoms with E-state index in [1.165, 1.54) is 20.2 Å². The zero-order chi connectivity index (χ0) is 34.6. The number of rotatable bonds is 4. The van der Waals surface area contributed by atoms with E-state index in [2.05, 4.69) is 144 Å². The number of benzene rings is 8. The predicted octanol–water partition coefficient (Wildman–Crippen LogP) is 14.9. The molecule has 8 aromatic carbocycles. The molecule has 0 aliphatic rings. The topological polar surface area (TPSA) is 42.7 Å². The summed E-state index contributed by atoms with van der Waals surface area (Å²) in [5.74, 6) is 0. The third-order valence-electron chi connectivity index (χ3n) is 10.7. The Morgan fingerprint density at radius 1 is 0.358 bits per heavy atom. The van der Waals surface area contributed by atoms with Crippen molar-refractivity contribution in [3.8, 4) is 11.1 Å². The molecule has 0 aliphatic heterocycles. The van der Waals surface area contributed by atoms with Gasteiger partial charge in [-0.2, -0.15) is 0 Å². The Morgan fingerprint density at radius 3 is 1.75 bits per heavy atom. The van der Waals surface area contributed by atoms with Crippen LogP contribution >= 0.6 is 11.3 Å². The van der Waals surface area contributed by atoms with Gasteiger partial charge in [0, 0.05) is 47.4 Å². The summed E-state index contributed by atoms with van der Waals surface area (Å²) in [4.78, 5) is 2.37. The van der Waals surface area contributed by atoms with Gasteiger partial charge in [0.25, 0.3) is 0 Å². The highest BCUT2D eigenvalue weighted by Crippen LogP contribution is 2.50. The van der Waals surface area contributed by atoms with Crippen LogP contribution in [0.4, 0.5) is 17.1 Å². The van der Waals surface area contributed by atoms with Crippen LogP contribution in [0.3, 0.4) is 0 Å². The highest BCUT2D eigenvalue weighted by molar-refractivity contribution is 7.26. The van der Waals surface area contributed by atoms with E-state index < -0.39 is 0 Å². The van der Waals surface area contributed by atoms with E-state index in [0.29, 0.717) is 0 Å². The fourth-order valence-electron chi connectivity index (χ4n) is 8.31. The molecule has 0 saturated carbocycles. The third kappa shape index (κ3) is 4.17. The van der Waals surface area contributed by atoms with Crippen LogP contribution in [0.25, 0.3) is 97.1 Å². The molecule has 5 heteroatoms. The van der Waals surface area contributed by atoms with Gasteiger partial charge in [-0.15, -0.1) is 11.3 Å². The molecule has 248 valence electrons. The molecule has 0 atom stereocenters. The molecule has 0 N–H and O–H groups in total. The van der Waals surface area contributed by atoms with Crippen molar-refractivity contribution in [1.82, 2.24) is 0 Å². The number of hydrogen-bond donors (Lipinski definition) is 0. The normalized spacial score (nSPS) is 12.2. The highest BCUT2D eigenvalue weighted by atomic mass is 32.1. The summed E-state index contributed by atoms with van der Waals surface area (Å²) in [6.45, 7) is 0. The van der Waals surface area contributed by atoms with Crippen LogP contribution in [-0.4, -0.2) is 0 Å². The van der Waals surface area contributed by atoms with Crippen molar-refractivity contribution in [3.63, 3.8) is 0 Å². The number of hydrogen-bond acceptors (Lipinski definition) is 5. The lowest BCUT2D eigenvalue weighted by Crippen LogP contribution is -2.10. The lowest BCUT2D eigenvalue weighted by Gasteiger charge is -2.27. The van der Waals surface area contributed by atoms with Gasteiger partial charge >= 0.3 is 0 Å². The second kappa shape index (κ2) is 10.8. The zero-order valence-corrected chi connectivity index (χ0v) is 29.0. The first-order valence-corrected chi connectivity index (χ1v) is 18.6. The summed E-state index contributed by atoms with van der Waals surface area (Å²) in [6, 6.07) is 57.6. The maximum absolute atomic E-state index is 6.65. The fourth-order valence-corrected chi connectivity index (χ4v) is 9.56. The van der Waals surface area contributed by atoms with Crippen molar-refractivity contribution in [2.75, 3.05) is 4.90 Å². The zero-order valence-electron chi connectivity index (χ0n) is 28.2. The molecule has 0 saturated heterocycles. The second-order valence-corrected chi connectivity index (χ2v) is 14.7. The highest BCUT2D eigenvalue weighted by Gasteiger charge is 2.24. The Kier molecular flexibility index (Phi) is 5.90. The first-order chi connectivity index (χ1) is 26.3. The Morgan fingerprint density at radius 2 is 0.925 bits per heavy atom. The maximum atomic E-state index is 6.65. The Hall–Kier alpha value is -6.82. The van der Waals surface area contributed by atoms with Crippen LogP contribution in [0.15, 0.2) is 177 Å². The van der Waals surface area contributed by atoms with Gasteiger partial charge in [0.2, 0.25) is 0 Å². The van der Waals surface area contributed by atoms with Gasteiger partial charge in [-0.05, 0) is 90.0 Å². The number of fused-ring (bicyclic) bond motifs is 13. The lowest BCUT2D eigenvalue weighted by atomic mass is 10.0. The summed E-state index contributed by atoms with van der Waals surface area (Å²) in [5.41, 5.74) is 10.6. The van der Waals surface area contributed by atoms with Crippen molar-refractivity contribution >= 4 is 114 Å². The molecule has 12 rings (SSSR count). The van der Waals surface area contributed by atoms with E-state index >= 15 is 0 Å². The van der Waals surface area contributed by atoms with Gasteiger partial charge in [-0.1, -0.05) is 84.9 Å².